The summed E-state index contributed by atoms with van der Waals surface area (Å²) in [5, 5.41) is 2.97. The normalized spacial score (nSPS) is 16.2. The molecule has 0 fully saturated rings. The van der Waals surface area contributed by atoms with E-state index in [-0.39, 0.29) is 17.2 Å². The predicted molar refractivity (Wildman–Crippen MR) is 121 cm³/mol. The van der Waals surface area contributed by atoms with Gasteiger partial charge >= 0.3 is 0 Å². The molecular weight excluding hydrogens is 392 g/mol. The molecule has 0 bridgehead atoms. The smallest absolute Gasteiger partial charge is 0.264 e. The van der Waals surface area contributed by atoms with Crippen LogP contribution in [-0.2, 0) is 22.7 Å². The molecule has 1 aliphatic heterocycles. The Hall–Kier alpha value is -3.02. The molecule has 0 aliphatic carbocycles. The number of nitrogens with zero attached hydrogens (tertiary/aromatic N) is 1. The Balaban J connectivity index is 1.84. The van der Waals surface area contributed by atoms with E-state index in [0.717, 1.165) is 16.9 Å². The van der Waals surface area contributed by atoms with Gasteiger partial charge in [-0.2, -0.15) is 0 Å². The van der Waals surface area contributed by atoms with Gasteiger partial charge in [-0.25, -0.2) is 0 Å². The van der Waals surface area contributed by atoms with E-state index in [2.05, 4.69) is 5.32 Å². The van der Waals surface area contributed by atoms with Crippen molar-refractivity contribution in [2.45, 2.75) is 59.7 Å². The van der Waals surface area contributed by atoms with Crippen molar-refractivity contribution in [2.75, 3.05) is 12.4 Å². The summed E-state index contributed by atoms with van der Waals surface area (Å²) in [6.07, 6.45) is 0.476. The molecule has 0 aromatic heterocycles. The zero-order chi connectivity index (χ0) is 22.6. The molecule has 0 saturated heterocycles. The van der Waals surface area contributed by atoms with Crippen molar-refractivity contribution in [1.82, 2.24) is 4.90 Å². The van der Waals surface area contributed by atoms with E-state index in [9.17, 15) is 9.59 Å². The van der Waals surface area contributed by atoms with Gasteiger partial charge in [0.05, 0.1) is 7.11 Å². The number of methoxy groups -OCH3 is 1. The lowest BCUT2D eigenvalue weighted by Crippen LogP contribution is -2.38. The number of carbonyl (C=O) groups is 2. The molecule has 0 radical (unpaired) electrons. The van der Waals surface area contributed by atoms with Crippen LogP contribution in [-0.4, -0.2) is 29.9 Å². The average molecular weight is 425 g/mol. The number of nitrogens with one attached hydrogen (secondary N) is 1. The van der Waals surface area contributed by atoms with Crippen LogP contribution in [0.15, 0.2) is 42.5 Å². The first kappa shape index (κ1) is 22.7. The fourth-order valence-corrected chi connectivity index (χ4v) is 3.66. The molecule has 166 valence electrons. The van der Waals surface area contributed by atoms with E-state index in [1.807, 2.05) is 70.2 Å². The molecule has 3 rings (SSSR count). The highest BCUT2D eigenvalue weighted by molar-refractivity contribution is 5.91. The molecule has 2 aromatic carbocycles. The summed E-state index contributed by atoms with van der Waals surface area (Å²) >= 11 is 0. The minimum Gasteiger partial charge on any atom is -0.497 e. The topological polar surface area (TPSA) is 67.9 Å². The van der Waals surface area contributed by atoms with Gasteiger partial charge in [-0.1, -0.05) is 39.8 Å². The van der Waals surface area contributed by atoms with Gasteiger partial charge in [0.25, 0.3) is 5.91 Å². The first-order chi connectivity index (χ1) is 14.7. The molecular formula is C25H32N2O4. The molecule has 1 N–H and O–H groups in total. The number of carbonyl (C=O) groups excluding carboxylic acids is 2. The standard InChI is InChI=1S/C25H32N2O4/c1-6-21-24(29)27(15-17-8-7-9-20(12-17)30-5)16-18-13-19(10-11-22(18)31-21)26-23(28)14-25(2,3)4/h7-13,21H,6,14-16H2,1-5H3,(H,26,28). The number of fused-ring (bicyclic) bond motifs is 1. The van der Waals surface area contributed by atoms with Gasteiger partial charge in [0, 0.05) is 30.8 Å². The summed E-state index contributed by atoms with van der Waals surface area (Å²) in [4.78, 5) is 27.3. The fraction of sp³-hybridized carbons (Fsp3) is 0.440. The Bertz CT molecular complexity index is 949. The molecule has 6 nitrogen and oxygen atoms in total. The highest BCUT2D eigenvalue weighted by atomic mass is 16.5. The molecule has 1 atom stereocenters. The number of hydrogen-bond acceptors (Lipinski definition) is 4. The lowest BCUT2D eigenvalue weighted by atomic mass is 9.92. The highest BCUT2D eigenvalue weighted by Crippen LogP contribution is 2.31. The monoisotopic (exact) mass is 424 g/mol. The summed E-state index contributed by atoms with van der Waals surface area (Å²) < 4.78 is 11.4. The van der Waals surface area contributed by atoms with Crippen LogP contribution in [0.3, 0.4) is 0 Å². The third kappa shape index (κ3) is 6.00. The molecule has 6 heteroatoms. The molecule has 1 unspecified atom stereocenters. The Morgan fingerprint density at radius 1 is 1.23 bits per heavy atom. The number of anilines is 1. The van der Waals surface area contributed by atoms with Crippen molar-refractivity contribution in [2.24, 2.45) is 5.41 Å². The van der Waals surface area contributed by atoms with Crippen LogP contribution in [0, 0.1) is 5.41 Å². The number of rotatable bonds is 6. The lowest BCUT2D eigenvalue weighted by Gasteiger charge is -2.23. The van der Waals surface area contributed by atoms with Gasteiger partial charge < -0.3 is 19.7 Å². The first-order valence-electron chi connectivity index (χ1n) is 10.7. The maximum Gasteiger partial charge on any atom is 0.264 e. The second-order valence-corrected chi connectivity index (χ2v) is 9.17. The largest absolute Gasteiger partial charge is 0.497 e. The fourth-order valence-electron chi connectivity index (χ4n) is 3.66. The summed E-state index contributed by atoms with van der Waals surface area (Å²) in [6.45, 7) is 8.90. The van der Waals surface area contributed by atoms with E-state index in [1.54, 1.807) is 12.0 Å². The summed E-state index contributed by atoms with van der Waals surface area (Å²) in [7, 11) is 1.63. The average Bonchev–Trinajstić information content (AvgIpc) is 2.83. The van der Waals surface area contributed by atoms with Gasteiger partial charge in [-0.3, -0.25) is 9.59 Å². The van der Waals surface area contributed by atoms with Crippen LogP contribution in [0.5, 0.6) is 11.5 Å². The summed E-state index contributed by atoms with van der Waals surface area (Å²) in [6, 6.07) is 13.3. The van der Waals surface area contributed by atoms with Crippen LogP contribution in [0.1, 0.15) is 51.7 Å². The van der Waals surface area contributed by atoms with Crippen molar-refractivity contribution in [3.63, 3.8) is 0 Å². The number of ether oxygens (including phenoxy) is 2. The molecule has 31 heavy (non-hydrogen) atoms. The lowest BCUT2D eigenvalue weighted by molar-refractivity contribution is -0.139. The predicted octanol–water partition coefficient (Wildman–Crippen LogP) is 4.77. The Kier molecular flexibility index (Phi) is 6.88. The summed E-state index contributed by atoms with van der Waals surface area (Å²) in [5.41, 5.74) is 2.48. The van der Waals surface area contributed by atoms with Crippen molar-refractivity contribution in [3.05, 3.63) is 53.6 Å². The third-order valence-corrected chi connectivity index (χ3v) is 5.13. The molecule has 0 spiro atoms. The molecule has 1 aliphatic rings. The van der Waals surface area contributed by atoms with Crippen LogP contribution < -0.4 is 14.8 Å². The SMILES string of the molecule is CCC1Oc2ccc(NC(=O)CC(C)(C)C)cc2CN(Cc2cccc(OC)c2)C1=O. The zero-order valence-corrected chi connectivity index (χ0v) is 19.0. The van der Waals surface area contributed by atoms with Gasteiger partial charge in [0.1, 0.15) is 11.5 Å². The minimum atomic E-state index is -0.534. The third-order valence-electron chi connectivity index (χ3n) is 5.13. The Labute approximate surface area is 184 Å². The van der Waals surface area contributed by atoms with Crippen LogP contribution in [0.25, 0.3) is 0 Å². The zero-order valence-electron chi connectivity index (χ0n) is 19.0. The van der Waals surface area contributed by atoms with Gasteiger partial charge in [-0.15, -0.1) is 0 Å². The van der Waals surface area contributed by atoms with E-state index in [1.165, 1.54) is 0 Å². The van der Waals surface area contributed by atoms with Crippen molar-refractivity contribution < 1.29 is 19.1 Å². The first-order valence-corrected chi connectivity index (χ1v) is 10.7. The molecule has 2 amide bonds. The second kappa shape index (κ2) is 9.41. The van der Waals surface area contributed by atoms with Crippen molar-refractivity contribution in [1.29, 1.82) is 0 Å². The van der Waals surface area contributed by atoms with Gasteiger partial charge in [-0.05, 0) is 47.7 Å². The molecule has 2 aromatic rings. The second-order valence-electron chi connectivity index (χ2n) is 9.17. The maximum atomic E-state index is 13.1. The van der Waals surface area contributed by atoms with Gasteiger partial charge in [0.15, 0.2) is 6.10 Å². The van der Waals surface area contributed by atoms with E-state index < -0.39 is 6.10 Å². The van der Waals surface area contributed by atoms with Gasteiger partial charge in [0.2, 0.25) is 5.91 Å². The number of amides is 2. The van der Waals surface area contributed by atoms with E-state index in [0.29, 0.717) is 37.4 Å². The molecule has 0 saturated carbocycles. The van der Waals surface area contributed by atoms with Crippen LogP contribution >= 0.6 is 0 Å². The molecule has 1 heterocycles. The Morgan fingerprint density at radius 3 is 2.68 bits per heavy atom. The highest BCUT2D eigenvalue weighted by Gasteiger charge is 2.30. The number of benzene rings is 2. The quantitative estimate of drug-likeness (QED) is 0.725. The summed E-state index contributed by atoms with van der Waals surface area (Å²) in [5.74, 6) is 1.37. The van der Waals surface area contributed by atoms with E-state index >= 15 is 0 Å². The Morgan fingerprint density at radius 2 is 2.00 bits per heavy atom. The number of hydrogen-bond donors (Lipinski definition) is 1. The minimum absolute atomic E-state index is 0.0299. The van der Waals surface area contributed by atoms with E-state index in [4.69, 9.17) is 9.47 Å². The van der Waals surface area contributed by atoms with Crippen molar-refractivity contribution >= 4 is 17.5 Å². The maximum absolute atomic E-state index is 13.1. The van der Waals surface area contributed by atoms with Crippen molar-refractivity contribution in [3.8, 4) is 11.5 Å². The van der Waals surface area contributed by atoms with Crippen LogP contribution in [0.4, 0.5) is 5.69 Å². The van der Waals surface area contributed by atoms with Crippen LogP contribution in [0.2, 0.25) is 0 Å².